The Labute approximate surface area is 117 Å². The number of rotatable bonds is 3. The number of amides is 1. The maximum absolute atomic E-state index is 12.1. The zero-order chi connectivity index (χ0) is 13.7. The molecule has 4 nitrogen and oxygen atoms in total. The molecule has 1 heterocycles. The van der Waals surface area contributed by atoms with Crippen molar-refractivity contribution in [2.75, 3.05) is 13.7 Å². The average molecular weight is 278 g/mol. The first kappa shape index (κ1) is 14.1. The SMILES string of the molecule is COC1CCC(NC(=O)c2csc(C#CCN)c2)C1. The molecule has 0 saturated heterocycles. The molecule has 1 amide bonds. The Kier molecular flexibility index (Phi) is 4.97. The Hall–Kier alpha value is -1.35. The van der Waals surface area contributed by atoms with Crippen LogP contribution in [0, 0.1) is 11.8 Å². The molecule has 2 unspecified atom stereocenters. The summed E-state index contributed by atoms with van der Waals surface area (Å²) in [4.78, 5) is 12.9. The van der Waals surface area contributed by atoms with Crippen LogP contribution in [0.2, 0.25) is 0 Å². The number of hydrogen-bond donors (Lipinski definition) is 2. The molecule has 0 spiro atoms. The molecule has 0 radical (unpaired) electrons. The van der Waals surface area contributed by atoms with Crippen LogP contribution in [0.3, 0.4) is 0 Å². The zero-order valence-corrected chi connectivity index (χ0v) is 11.8. The highest BCUT2D eigenvalue weighted by atomic mass is 32.1. The second-order valence-corrected chi connectivity index (χ2v) is 5.46. The van der Waals surface area contributed by atoms with Crippen LogP contribution >= 0.6 is 11.3 Å². The quantitative estimate of drug-likeness (QED) is 0.820. The summed E-state index contributed by atoms with van der Waals surface area (Å²) in [6, 6.07) is 2.03. The second kappa shape index (κ2) is 6.71. The Morgan fingerprint density at radius 1 is 1.63 bits per heavy atom. The van der Waals surface area contributed by atoms with E-state index in [0.29, 0.717) is 12.1 Å². The topological polar surface area (TPSA) is 64.3 Å². The van der Waals surface area contributed by atoms with E-state index in [-0.39, 0.29) is 18.1 Å². The van der Waals surface area contributed by atoms with E-state index in [1.165, 1.54) is 11.3 Å². The summed E-state index contributed by atoms with van der Waals surface area (Å²) in [6.07, 6.45) is 3.16. The van der Waals surface area contributed by atoms with Crippen molar-refractivity contribution in [3.05, 3.63) is 21.9 Å². The molecule has 0 aliphatic heterocycles. The van der Waals surface area contributed by atoms with E-state index < -0.39 is 0 Å². The molecule has 1 fully saturated rings. The van der Waals surface area contributed by atoms with Crippen LogP contribution in [-0.4, -0.2) is 31.7 Å². The normalized spacial score (nSPS) is 21.8. The minimum absolute atomic E-state index is 0.0289. The smallest absolute Gasteiger partial charge is 0.252 e. The first-order valence-electron chi connectivity index (χ1n) is 6.34. The molecule has 19 heavy (non-hydrogen) atoms. The van der Waals surface area contributed by atoms with Crippen molar-refractivity contribution in [3.8, 4) is 11.8 Å². The molecule has 0 aromatic carbocycles. The van der Waals surface area contributed by atoms with Gasteiger partial charge in [0.15, 0.2) is 0 Å². The molecule has 0 bridgehead atoms. The zero-order valence-electron chi connectivity index (χ0n) is 10.9. The molecule has 2 rings (SSSR count). The van der Waals surface area contributed by atoms with Crippen molar-refractivity contribution in [1.82, 2.24) is 5.32 Å². The molecular weight excluding hydrogens is 260 g/mol. The molecule has 1 saturated carbocycles. The predicted molar refractivity (Wildman–Crippen MR) is 76.2 cm³/mol. The van der Waals surface area contributed by atoms with Crippen molar-refractivity contribution >= 4 is 17.2 Å². The van der Waals surface area contributed by atoms with Gasteiger partial charge in [-0.1, -0.05) is 11.8 Å². The lowest BCUT2D eigenvalue weighted by atomic mass is 10.2. The van der Waals surface area contributed by atoms with E-state index in [1.54, 1.807) is 7.11 Å². The standard InChI is InChI=1S/C14H18N2O2S/c1-18-12-5-4-11(8-12)16-14(17)10-7-13(19-9-10)3-2-6-15/h7,9,11-12H,4-6,8,15H2,1H3,(H,16,17). The molecule has 3 N–H and O–H groups in total. The van der Waals surface area contributed by atoms with E-state index >= 15 is 0 Å². The first-order valence-corrected chi connectivity index (χ1v) is 7.22. The highest BCUT2D eigenvalue weighted by Crippen LogP contribution is 2.22. The Morgan fingerprint density at radius 2 is 2.47 bits per heavy atom. The number of methoxy groups -OCH3 is 1. The van der Waals surface area contributed by atoms with Crippen LogP contribution in [0.25, 0.3) is 0 Å². The van der Waals surface area contributed by atoms with Crippen molar-refractivity contribution in [1.29, 1.82) is 0 Å². The van der Waals surface area contributed by atoms with E-state index in [9.17, 15) is 4.79 Å². The van der Waals surface area contributed by atoms with E-state index in [2.05, 4.69) is 17.2 Å². The summed E-state index contributed by atoms with van der Waals surface area (Å²) in [5.74, 6) is 5.69. The van der Waals surface area contributed by atoms with Gasteiger partial charge in [0.2, 0.25) is 0 Å². The van der Waals surface area contributed by atoms with Crippen LogP contribution in [0.4, 0.5) is 0 Å². The van der Waals surface area contributed by atoms with Crippen molar-refractivity contribution in [2.24, 2.45) is 5.73 Å². The lowest BCUT2D eigenvalue weighted by Crippen LogP contribution is -2.33. The average Bonchev–Trinajstić information content (AvgIpc) is 3.04. The number of nitrogens with two attached hydrogens (primary N) is 1. The molecule has 1 aromatic heterocycles. The minimum Gasteiger partial charge on any atom is -0.381 e. The second-order valence-electron chi connectivity index (χ2n) is 4.55. The van der Waals surface area contributed by atoms with E-state index in [4.69, 9.17) is 10.5 Å². The van der Waals surface area contributed by atoms with Crippen LogP contribution in [0.1, 0.15) is 34.5 Å². The highest BCUT2D eigenvalue weighted by Gasteiger charge is 2.26. The number of nitrogens with one attached hydrogen (secondary N) is 1. The molecule has 1 aliphatic carbocycles. The number of hydrogen-bond acceptors (Lipinski definition) is 4. The maximum Gasteiger partial charge on any atom is 0.252 e. The van der Waals surface area contributed by atoms with Crippen LogP contribution < -0.4 is 11.1 Å². The fourth-order valence-corrected chi connectivity index (χ4v) is 2.97. The van der Waals surface area contributed by atoms with Gasteiger partial charge in [0.1, 0.15) is 0 Å². The van der Waals surface area contributed by atoms with E-state index in [1.807, 2.05) is 11.4 Å². The van der Waals surface area contributed by atoms with Gasteiger partial charge in [-0.25, -0.2) is 0 Å². The number of carbonyl (C=O) groups excluding carboxylic acids is 1. The fraction of sp³-hybridized carbons (Fsp3) is 0.500. The third-order valence-corrected chi connectivity index (χ3v) is 4.07. The summed E-state index contributed by atoms with van der Waals surface area (Å²) in [5, 5.41) is 4.88. The van der Waals surface area contributed by atoms with Crippen molar-refractivity contribution < 1.29 is 9.53 Å². The highest BCUT2D eigenvalue weighted by molar-refractivity contribution is 7.10. The predicted octanol–water partition coefficient (Wildman–Crippen LogP) is 1.36. The van der Waals surface area contributed by atoms with Gasteiger partial charge in [0.05, 0.1) is 23.1 Å². The maximum atomic E-state index is 12.1. The van der Waals surface area contributed by atoms with Crippen LogP contribution in [-0.2, 0) is 4.74 Å². The summed E-state index contributed by atoms with van der Waals surface area (Å²) < 4.78 is 5.30. The van der Waals surface area contributed by atoms with Crippen LogP contribution in [0.5, 0.6) is 0 Å². The third kappa shape index (κ3) is 3.80. The lowest BCUT2D eigenvalue weighted by molar-refractivity contribution is 0.0915. The van der Waals surface area contributed by atoms with Gasteiger partial charge in [0, 0.05) is 18.5 Å². The molecule has 5 heteroatoms. The van der Waals surface area contributed by atoms with Gasteiger partial charge in [-0.15, -0.1) is 11.3 Å². The van der Waals surface area contributed by atoms with Crippen molar-refractivity contribution in [2.45, 2.75) is 31.4 Å². The number of carbonyl (C=O) groups is 1. The van der Waals surface area contributed by atoms with Crippen molar-refractivity contribution in [3.63, 3.8) is 0 Å². The molecule has 2 atom stereocenters. The largest absolute Gasteiger partial charge is 0.381 e. The van der Waals surface area contributed by atoms with Gasteiger partial charge in [-0.3, -0.25) is 4.79 Å². The summed E-state index contributed by atoms with van der Waals surface area (Å²) in [5.41, 5.74) is 5.99. The van der Waals surface area contributed by atoms with Gasteiger partial charge in [-0.2, -0.15) is 0 Å². The fourth-order valence-electron chi connectivity index (χ4n) is 2.21. The number of thiophene rings is 1. The Morgan fingerprint density at radius 3 is 3.16 bits per heavy atom. The number of ether oxygens (including phenoxy) is 1. The summed E-state index contributed by atoms with van der Waals surface area (Å²) in [7, 11) is 1.72. The third-order valence-electron chi connectivity index (χ3n) is 3.23. The Balaban J connectivity index is 1.91. The van der Waals surface area contributed by atoms with Gasteiger partial charge < -0.3 is 15.8 Å². The van der Waals surface area contributed by atoms with Gasteiger partial charge >= 0.3 is 0 Å². The monoisotopic (exact) mass is 278 g/mol. The van der Waals surface area contributed by atoms with Gasteiger partial charge in [0.25, 0.3) is 5.91 Å². The Bertz CT molecular complexity index is 501. The van der Waals surface area contributed by atoms with E-state index in [0.717, 1.165) is 24.1 Å². The summed E-state index contributed by atoms with van der Waals surface area (Å²) >= 11 is 1.47. The molecule has 102 valence electrons. The first-order chi connectivity index (χ1) is 9.22. The van der Waals surface area contributed by atoms with Gasteiger partial charge in [-0.05, 0) is 25.3 Å². The molecular formula is C14H18N2O2S. The molecule has 1 aliphatic rings. The lowest BCUT2D eigenvalue weighted by Gasteiger charge is -2.12. The molecule has 1 aromatic rings. The minimum atomic E-state index is -0.0289. The van der Waals surface area contributed by atoms with Crippen LogP contribution in [0.15, 0.2) is 11.4 Å². The summed E-state index contributed by atoms with van der Waals surface area (Å²) in [6.45, 7) is 0.333.